The Morgan fingerprint density at radius 2 is 2.00 bits per heavy atom. The Morgan fingerprint density at radius 3 is 2.38 bits per heavy atom. The van der Waals surface area contributed by atoms with Gasteiger partial charge in [-0.15, -0.1) is 24.8 Å². The van der Waals surface area contributed by atoms with Crippen LogP contribution in [0.2, 0.25) is 0 Å². The highest BCUT2D eigenvalue weighted by atomic mass is 35.5. The van der Waals surface area contributed by atoms with E-state index in [1.165, 1.54) is 0 Å². The van der Waals surface area contributed by atoms with Crippen LogP contribution in [-0.2, 0) is 0 Å². The van der Waals surface area contributed by atoms with Crippen molar-refractivity contribution in [2.45, 2.75) is 19.3 Å². The van der Waals surface area contributed by atoms with Crippen LogP contribution in [0.25, 0.3) is 0 Å². The van der Waals surface area contributed by atoms with Gasteiger partial charge in [-0.3, -0.25) is 0 Å². The highest BCUT2D eigenvalue weighted by Crippen LogP contribution is 1.88. The van der Waals surface area contributed by atoms with Crippen LogP contribution < -0.4 is 5.73 Å². The standard InChI is InChI=1S/C6H11N.ClH/c1-2-3-4-5-6-7;/h1H,3-7H2;1H. The quantitative estimate of drug-likeness (QED) is 0.454. The smallest absolute Gasteiger partial charge is 0.00865 e. The molecule has 0 spiro atoms. The molecule has 2 N–H and O–H groups in total. The van der Waals surface area contributed by atoms with Crippen LogP contribution >= 0.6 is 12.4 Å². The van der Waals surface area contributed by atoms with E-state index in [1.54, 1.807) is 0 Å². The summed E-state index contributed by atoms with van der Waals surface area (Å²) in [6.07, 6.45) is 7.99. The Labute approximate surface area is 57.1 Å². The van der Waals surface area contributed by atoms with E-state index in [-0.39, 0.29) is 12.4 Å². The molecule has 0 amide bonds. The van der Waals surface area contributed by atoms with Crippen LogP contribution in [0.1, 0.15) is 19.3 Å². The Kier molecular flexibility index (Phi) is 13.3. The van der Waals surface area contributed by atoms with E-state index in [4.69, 9.17) is 12.2 Å². The molecular formula is C6H12ClN. The second-order valence-corrected chi connectivity index (χ2v) is 1.45. The minimum atomic E-state index is 0. The van der Waals surface area contributed by atoms with E-state index in [1.807, 2.05) is 0 Å². The van der Waals surface area contributed by atoms with Gasteiger partial charge in [-0.2, -0.15) is 0 Å². The molecule has 0 aliphatic rings. The molecule has 0 aliphatic heterocycles. The van der Waals surface area contributed by atoms with Crippen LogP contribution in [-0.4, -0.2) is 6.54 Å². The fourth-order valence-corrected chi connectivity index (χ4v) is 0.371. The zero-order valence-electron chi connectivity index (χ0n) is 4.89. The molecular weight excluding hydrogens is 122 g/mol. The van der Waals surface area contributed by atoms with Crippen molar-refractivity contribution in [1.29, 1.82) is 0 Å². The number of halogens is 1. The molecule has 0 fully saturated rings. The fourth-order valence-electron chi connectivity index (χ4n) is 0.371. The summed E-state index contributed by atoms with van der Waals surface area (Å²) in [5, 5.41) is 0. The lowest BCUT2D eigenvalue weighted by molar-refractivity contribution is 0.768. The van der Waals surface area contributed by atoms with Crippen molar-refractivity contribution < 1.29 is 0 Å². The number of rotatable bonds is 3. The maximum Gasteiger partial charge on any atom is 0.00865 e. The van der Waals surface area contributed by atoms with Gasteiger partial charge in [-0.05, 0) is 19.4 Å². The normalized spacial score (nSPS) is 7.00. The van der Waals surface area contributed by atoms with Gasteiger partial charge < -0.3 is 5.73 Å². The van der Waals surface area contributed by atoms with Crippen molar-refractivity contribution in [1.82, 2.24) is 0 Å². The van der Waals surface area contributed by atoms with Crippen LogP contribution in [0.3, 0.4) is 0 Å². The van der Waals surface area contributed by atoms with Gasteiger partial charge in [0.1, 0.15) is 0 Å². The molecule has 0 saturated carbocycles. The van der Waals surface area contributed by atoms with E-state index in [0.717, 1.165) is 25.8 Å². The first kappa shape index (κ1) is 10.7. The Morgan fingerprint density at radius 1 is 1.38 bits per heavy atom. The van der Waals surface area contributed by atoms with E-state index < -0.39 is 0 Å². The third-order valence-electron chi connectivity index (χ3n) is 0.775. The summed E-state index contributed by atoms with van der Waals surface area (Å²) >= 11 is 0. The van der Waals surface area contributed by atoms with Crippen LogP contribution in [0.15, 0.2) is 0 Å². The second kappa shape index (κ2) is 9.94. The lowest BCUT2D eigenvalue weighted by atomic mass is 10.2. The molecule has 0 aromatic rings. The third kappa shape index (κ3) is 9.26. The van der Waals surface area contributed by atoms with Crippen molar-refractivity contribution in [2.24, 2.45) is 5.73 Å². The summed E-state index contributed by atoms with van der Waals surface area (Å²) in [6.45, 7) is 0.766. The molecule has 0 atom stereocenters. The number of terminal acetylenes is 1. The van der Waals surface area contributed by atoms with Gasteiger partial charge in [0.25, 0.3) is 0 Å². The van der Waals surface area contributed by atoms with Crippen molar-refractivity contribution in [3.8, 4) is 12.3 Å². The summed E-state index contributed by atoms with van der Waals surface area (Å²) < 4.78 is 0. The third-order valence-corrected chi connectivity index (χ3v) is 0.775. The highest BCUT2D eigenvalue weighted by molar-refractivity contribution is 5.85. The summed E-state index contributed by atoms with van der Waals surface area (Å²) in [6, 6.07) is 0. The Hall–Kier alpha value is -0.190. The Balaban J connectivity index is 0. The average molecular weight is 134 g/mol. The molecule has 0 aromatic carbocycles. The van der Waals surface area contributed by atoms with Gasteiger partial charge in [0.2, 0.25) is 0 Å². The maximum atomic E-state index is 5.20. The van der Waals surface area contributed by atoms with Crippen molar-refractivity contribution in [3.05, 3.63) is 0 Å². The van der Waals surface area contributed by atoms with Crippen LogP contribution in [0.5, 0.6) is 0 Å². The number of hydrogen-bond acceptors (Lipinski definition) is 1. The van der Waals surface area contributed by atoms with Crippen molar-refractivity contribution in [3.63, 3.8) is 0 Å². The molecule has 0 aromatic heterocycles. The van der Waals surface area contributed by atoms with Gasteiger partial charge in [0.05, 0.1) is 0 Å². The van der Waals surface area contributed by atoms with E-state index >= 15 is 0 Å². The maximum absolute atomic E-state index is 5.20. The SMILES string of the molecule is C#CCCCCN.Cl. The molecule has 0 unspecified atom stereocenters. The fraction of sp³-hybridized carbons (Fsp3) is 0.667. The largest absolute Gasteiger partial charge is 0.330 e. The van der Waals surface area contributed by atoms with Gasteiger partial charge in [0, 0.05) is 6.42 Å². The zero-order chi connectivity index (χ0) is 5.54. The molecule has 0 aliphatic carbocycles. The van der Waals surface area contributed by atoms with Crippen molar-refractivity contribution in [2.75, 3.05) is 6.54 Å². The molecule has 0 bridgehead atoms. The molecule has 8 heavy (non-hydrogen) atoms. The molecule has 0 rings (SSSR count). The summed E-state index contributed by atoms with van der Waals surface area (Å²) in [4.78, 5) is 0. The number of hydrogen-bond donors (Lipinski definition) is 1. The summed E-state index contributed by atoms with van der Waals surface area (Å²) in [7, 11) is 0. The molecule has 0 radical (unpaired) electrons. The van der Waals surface area contributed by atoms with Gasteiger partial charge in [-0.25, -0.2) is 0 Å². The van der Waals surface area contributed by atoms with Gasteiger partial charge >= 0.3 is 0 Å². The van der Waals surface area contributed by atoms with Crippen molar-refractivity contribution >= 4 is 12.4 Å². The van der Waals surface area contributed by atoms with Crippen LogP contribution in [0.4, 0.5) is 0 Å². The van der Waals surface area contributed by atoms with Gasteiger partial charge in [-0.1, -0.05) is 0 Å². The minimum Gasteiger partial charge on any atom is -0.330 e. The highest BCUT2D eigenvalue weighted by Gasteiger charge is 1.77. The van der Waals surface area contributed by atoms with Gasteiger partial charge in [0.15, 0.2) is 0 Å². The zero-order valence-corrected chi connectivity index (χ0v) is 5.71. The molecule has 0 saturated heterocycles. The monoisotopic (exact) mass is 133 g/mol. The van der Waals surface area contributed by atoms with E-state index in [9.17, 15) is 0 Å². The van der Waals surface area contributed by atoms with Crippen LogP contribution in [0, 0.1) is 12.3 Å². The lowest BCUT2D eigenvalue weighted by Crippen LogP contribution is -1.96. The number of unbranched alkanes of at least 4 members (excludes halogenated alkanes) is 2. The lowest BCUT2D eigenvalue weighted by Gasteiger charge is -1.86. The van der Waals surface area contributed by atoms with E-state index in [2.05, 4.69) is 5.92 Å². The molecule has 1 nitrogen and oxygen atoms in total. The summed E-state index contributed by atoms with van der Waals surface area (Å²) in [5.41, 5.74) is 5.20. The number of nitrogens with two attached hydrogens (primary N) is 1. The molecule has 0 heterocycles. The Bertz CT molecular complexity index is 65.4. The minimum absolute atomic E-state index is 0. The predicted octanol–water partition coefficient (Wildman–Crippen LogP) is 1.17. The summed E-state index contributed by atoms with van der Waals surface area (Å²) in [5.74, 6) is 2.55. The first-order valence-electron chi connectivity index (χ1n) is 2.55. The topological polar surface area (TPSA) is 26.0 Å². The molecule has 2 heteroatoms. The second-order valence-electron chi connectivity index (χ2n) is 1.45. The predicted molar refractivity (Wildman–Crippen MR) is 39.0 cm³/mol. The molecule has 48 valence electrons. The first-order chi connectivity index (χ1) is 3.41. The average Bonchev–Trinajstić information content (AvgIpc) is 1.69. The first-order valence-corrected chi connectivity index (χ1v) is 2.55. The van der Waals surface area contributed by atoms with E-state index in [0.29, 0.717) is 0 Å².